The van der Waals surface area contributed by atoms with Crippen LogP contribution in [0.3, 0.4) is 0 Å². The number of rotatable bonds is 8. The SMILES string of the molecule is CC(NC(=O)[C@H]1C[C@H]1CNC(=O)OCC1c2ccccc2-c2ccccc21)(C(=O)O)C1CC1. The van der Waals surface area contributed by atoms with Gasteiger partial charge in [-0.2, -0.15) is 0 Å². The lowest BCUT2D eigenvalue weighted by Gasteiger charge is -2.26. The summed E-state index contributed by atoms with van der Waals surface area (Å²) < 4.78 is 5.54. The second-order valence-corrected chi connectivity index (χ2v) is 9.58. The van der Waals surface area contributed by atoms with Gasteiger partial charge in [-0.05, 0) is 60.3 Å². The van der Waals surface area contributed by atoms with E-state index in [0.29, 0.717) is 13.0 Å². The average molecular weight is 449 g/mol. The third-order valence-electron chi connectivity index (χ3n) is 7.33. The van der Waals surface area contributed by atoms with Gasteiger partial charge in [0.2, 0.25) is 5.91 Å². The van der Waals surface area contributed by atoms with Crippen LogP contribution >= 0.6 is 0 Å². The van der Waals surface area contributed by atoms with Gasteiger partial charge in [0.1, 0.15) is 12.1 Å². The number of carboxylic acids is 1. The Morgan fingerprint density at radius 1 is 1.03 bits per heavy atom. The normalized spacial score (nSPS) is 22.5. The first-order valence-electron chi connectivity index (χ1n) is 11.5. The molecular formula is C26H28N2O5. The van der Waals surface area contributed by atoms with Gasteiger partial charge in [-0.1, -0.05) is 48.5 Å². The molecule has 0 aromatic heterocycles. The van der Waals surface area contributed by atoms with Crippen molar-refractivity contribution in [1.29, 1.82) is 0 Å². The van der Waals surface area contributed by atoms with Crippen molar-refractivity contribution in [3.8, 4) is 11.1 Å². The second-order valence-electron chi connectivity index (χ2n) is 9.58. The second kappa shape index (κ2) is 8.21. The van der Waals surface area contributed by atoms with Crippen molar-refractivity contribution in [3.63, 3.8) is 0 Å². The molecule has 0 saturated heterocycles. The zero-order chi connectivity index (χ0) is 23.2. The first-order chi connectivity index (χ1) is 15.9. The summed E-state index contributed by atoms with van der Waals surface area (Å²) in [7, 11) is 0. The van der Waals surface area contributed by atoms with E-state index in [1.807, 2.05) is 24.3 Å². The predicted octanol–water partition coefficient (Wildman–Crippen LogP) is 3.53. The summed E-state index contributed by atoms with van der Waals surface area (Å²) in [5, 5.41) is 15.0. The van der Waals surface area contributed by atoms with Crippen LogP contribution in [0.25, 0.3) is 11.1 Å². The summed E-state index contributed by atoms with van der Waals surface area (Å²) in [6.07, 6.45) is 1.77. The fourth-order valence-electron chi connectivity index (χ4n) is 5.00. The van der Waals surface area contributed by atoms with E-state index in [2.05, 4.69) is 34.9 Å². The highest BCUT2D eigenvalue weighted by Crippen LogP contribution is 2.45. The molecule has 0 bridgehead atoms. The number of ether oxygens (including phenoxy) is 1. The topological polar surface area (TPSA) is 105 Å². The Bertz CT molecular complexity index is 1070. The maximum absolute atomic E-state index is 12.5. The molecule has 0 radical (unpaired) electrons. The number of hydrogen-bond donors (Lipinski definition) is 3. The Labute approximate surface area is 192 Å². The Kier molecular flexibility index (Phi) is 5.35. The van der Waals surface area contributed by atoms with Crippen LogP contribution in [0.5, 0.6) is 0 Å². The van der Waals surface area contributed by atoms with Crippen molar-refractivity contribution in [1.82, 2.24) is 10.6 Å². The molecule has 3 aliphatic rings. The number of carboxylic acid groups (broad SMARTS) is 1. The third kappa shape index (κ3) is 4.08. The molecule has 2 fully saturated rings. The Hall–Kier alpha value is -3.35. The standard InChI is InChI=1S/C26H28N2O5/c1-26(24(30)31,16-10-11-16)28-23(29)21-12-15(21)13-27-25(32)33-14-22-19-8-4-2-6-17(19)18-7-3-5-9-20(18)22/h2-9,15-16,21-22H,10-14H2,1H3,(H,27,32)(H,28,29)(H,30,31)/t15-,21-,26?/m0/s1. The lowest BCUT2D eigenvalue weighted by atomic mass is 9.95. The minimum Gasteiger partial charge on any atom is -0.480 e. The lowest BCUT2D eigenvalue weighted by molar-refractivity contribution is -0.148. The van der Waals surface area contributed by atoms with Gasteiger partial charge in [0.05, 0.1) is 0 Å². The van der Waals surface area contributed by atoms with Crippen LogP contribution in [0.15, 0.2) is 48.5 Å². The van der Waals surface area contributed by atoms with E-state index in [1.54, 1.807) is 6.92 Å². The minimum atomic E-state index is -1.20. The molecule has 33 heavy (non-hydrogen) atoms. The summed E-state index contributed by atoms with van der Waals surface area (Å²) in [4.78, 5) is 36.5. The Morgan fingerprint density at radius 2 is 1.64 bits per heavy atom. The number of alkyl carbamates (subject to hydrolysis) is 1. The van der Waals surface area contributed by atoms with Crippen LogP contribution in [-0.2, 0) is 14.3 Å². The van der Waals surface area contributed by atoms with Crippen molar-refractivity contribution in [3.05, 3.63) is 59.7 Å². The molecule has 7 heteroatoms. The summed E-state index contributed by atoms with van der Waals surface area (Å²) in [5.41, 5.74) is 3.46. The molecule has 1 unspecified atom stereocenters. The molecular weight excluding hydrogens is 420 g/mol. The number of hydrogen-bond acceptors (Lipinski definition) is 4. The number of aliphatic carboxylic acids is 1. The van der Waals surface area contributed by atoms with Crippen LogP contribution in [0.2, 0.25) is 0 Å². The molecule has 2 aromatic rings. The predicted molar refractivity (Wildman–Crippen MR) is 122 cm³/mol. The first kappa shape index (κ1) is 21.5. The van der Waals surface area contributed by atoms with Gasteiger partial charge in [-0.25, -0.2) is 9.59 Å². The number of fused-ring (bicyclic) bond motifs is 3. The number of carbonyl (C=O) groups excluding carboxylic acids is 2. The molecule has 2 amide bonds. The molecule has 3 N–H and O–H groups in total. The fourth-order valence-corrected chi connectivity index (χ4v) is 5.00. The number of benzene rings is 2. The van der Waals surface area contributed by atoms with Gasteiger partial charge in [-0.15, -0.1) is 0 Å². The summed E-state index contributed by atoms with van der Waals surface area (Å²) >= 11 is 0. The van der Waals surface area contributed by atoms with E-state index < -0.39 is 17.6 Å². The van der Waals surface area contributed by atoms with E-state index >= 15 is 0 Å². The molecule has 2 aromatic carbocycles. The van der Waals surface area contributed by atoms with Crippen LogP contribution < -0.4 is 10.6 Å². The van der Waals surface area contributed by atoms with Gasteiger partial charge in [-0.3, -0.25) is 4.79 Å². The summed E-state index contributed by atoms with van der Waals surface area (Å²) in [6.45, 7) is 2.16. The average Bonchev–Trinajstić information content (AvgIpc) is 3.73. The maximum Gasteiger partial charge on any atom is 0.407 e. The van der Waals surface area contributed by atoms with Crippen LogP contribution in [0, 0.1) is 17.8 Å². The highest BCUT2D eigenvalue weighted by molar-refractivity contribution is 5.89. The molecule has 3 atom stereocenters. The van der Waals surface area contributed by atoms with Gasteiger partial charge < -0.3 is 20.5 Å². The van der Waals surface area contributed by atoms with Crippen molar-refractivity contribution in [2.45, 2.75) is 37.6 Å². The first-order valence-corrected chi connectivity index (χ1v) is 11.5. The van der Waals surface area contributed by atoms with Gasteiger partial charge >= 0.3 is 12.1 Å². The smallest absolute Gasteiger partial charge is 0.407 e. The van der Waals surface area contributed by atoms with Crippen molar-refractivity contribution >= 4 is 18.0 Å². The van der Waals surface area contributed by atoms with Crippen molar-refractivity contribution in [2.24, 2.45) is 17.8 Å². The molecule has 2 saturated carbocycles. The zero-order valence-corrected chi connectivity index (χ0v) is 18.5. The fraction of sp³-hybridized carbons (Fsp3) is 0.423. The zero-order valence-electron chi connectivity index (χ0n) is 18.5. The van der Waals surface area contributed by atoms with Gasteiger partial charge in [0, 0.05) is 18.4 Å². The lowest BCUT2D eigenvalue weighted by Crippen LogP contribution is -2.54. The quantitative estimate of drug-likeness (QED) is 0.573. The summed E-state index contributed by atoms with van der Waals surface area (Å²) in [5.74, 6) is -1.51. The van der Waals surface area contributed by atoms with E-state index in [1.165, 1.54) is 11.1 Å². The molecule has 172 valence electrons. The monoisotopic (exact) mass is 448 g/mol. The van der Waals surface area contributed by atoms with Crippen molar-refractivity contribution < 1.29 is 24.2 Å². The molecule has 0 spiro atoms. The minimum absolute atomic E-state index is 0.00118. The molecule has 5 rings (SSSR count). The van der Waals surface area contributed by atoms with E-state index in [0.717, 1.165) is 24.0 Å². The third-order valence-corrected chi connectivity index (χ3v) is 7.33. The van der Waals surface area contributed by atoms with E-state index in [-0.39, 0.29) is 36.2 Å². The number of amides is 2. The molecule has 7 nitrogen and oxygen atoms in total. The largest absolute Gasteiger partial charge is 0.480 e. The number of nitrogens with one attached hydrogen (secondary N) is 2. The van der Waals surface area contributed by atoms with Gasteiger partial charge in [0.25, 0.3) is 0 Å². The van der Waals surface area contributed by atoms with E-state index in [4.69, 9.17) is 4.74 Å². The maximum atomic E-state index is 12.5. The highest BCUT2D eigenvalue weighted by Gasteiger charge is 2.52. The molecule has 0 heterocycles. The van der Waals surface area contributed by atoms with Crippen molar-refractivity contribution in [2.75, 3.05) is 13.2 Å². The number of carbonyl (C=O) groups is 3. The van der Waals surface area contributed by atoms with Crippen LogP contribution in [-0.4, -0.2) is 41.8 Å². The molecule has 3 aliphatic carbocycles. The molecule has 0 aliphatic heterocycles. The van der Waals surface area contributed by atoms with Crippen LogP contribution in [0.1, 0.15) is 43.2 Å². The Morgan fingerprint density at radius 3 is 2.21 bits per heavy atom. The van der Waals surface area contributed by atoms with Crippen LogP contribution in [0.4, 0.5) is 4.79 Å². The summed E-state index contributed by atoms with van der Waals surface area (Å²) in [6, 6.07) is 16.3. The van der Waals surface area contributed by atoms with Gasteiger partial charge in [0.15, 0.2) is 0 Å². The Balaban J connectivity index is 1.11. The highest BCUT2D eigenvalue weighted by atomic mass is 16.5. The van der Waals surface area contributed by atoms with E-state index in [9.17, 15) is 19.5 Å².